The van der Waals surface area contributed by atoms with Gasteiger partial charge in [0, 0.05) is 63.4 Å². The summed E-state index contributed by atoms with van der Waals surface area (Å²) in [5.41, 5.74) is 1.47. The average molecular weight is 589 g/mol. The zero-order chi connectivity index (χ0) is 30.2. The second kappa shape index (κ2) is 14.6. The molecular weight excluding hydrogens is 544 g/mol. The predicted octanol–water partition coefficient (Wildman–Crippen LogP) is 3.75. The number of amides is 3. The number of likely N-dealkylation sites (tertiary alicyclic amines) is 1. The first kappa shape index (κ1) is 30.7. The van der Waals surface area contributed by atoms with Gasteiger partial charge in [0.25, 0.3) is 5.91 Å². The molecule has 3 atom stereocenters. The van der Waals surface area contributed by atoms with Crippen LogP contribution in [0, 0.1) is 11.8 Å². The van der Waals surface area contributed by atoms with E-state index >= 15 is 0 Å². The first-order valence-electron chi connectivity index (χ1n) is 15.8. The largest absolute Gasteiger partial charge is 0.381 e. The second-order valence-electron chi connectivity index (χ2n) is 11.9. The van der Waals surface area contributed by atoms with Crippen LogP contribution in [0.3, 0.4) is 0 Å². The molecule has 230 valence electrons. The molecule has 0 bridgehead atoms. The molecule has 2 aliphatic heterocycles. The van der Waals surface area contributed by atoms with Gasteiger partial charge in [-0.2, -0.15) is 0 Å². The molecule has 1 N–H and O–H groups in total. The molecule has 1 aromatic carbocycles. The van der Waals surface area contributed by atoms with Crippen LogP contribution >= 0.6 is 0 Å². The summed E-state index contributed by atoms with van der Waals surface area (Å²) in [4.78, 5) is 53.8. The third-order valence-electron chi connectivity index (χ3n) is 8.82. The van der Waals surface area contributed by atoms with Gasteiger partial charge in [-0.15, -0.1) is 0 Å². The van der Waals surface area contributed by atoms with Crippen LogP contribution in [0.1, 0.15) is 68.4 Å². The Hall–Kier alpha value is -3.79. The Morgan fingerprint density at radius 3 is 2.65 bits per heavy atom. The van der Waals surface area contributed by atoms with E-state index in [9.17, 15) is 14.4 Å². The molecule has 0 aliphatic carbocycles. The van der Waals surface area contributed by atoms with Crippen LogP contribution < -0.4 is 5.32 Å². The van der Waals surface area contributed by atoms with Gasteiger partial charge in [0.1, 0.15) is 11.7 Å². The highest BCUT2D eigenvalue weighted by molar-refractivity contribution is 5.93. The van der Waals surface area contributed by atoms with Crippen LogP contribution in [-0.4, -0.2) is 86.8 Å². The maximum Gasteiger partial charge on any atom is 0.274 e. The highest BCUT2D eigenvalue weighted by Crippen LogP contribution is 2.26. The van der Waals surface area contributed by atoms with Crippen molar-refractivity contribution in [2.75, 3.05) is 32.8 Å². The summed E-state index contributed by atoms with van der Waals surface area (Å²) in [6.07, 6.45) is 10.7. The number of hydrogen-bond acceptors (Lipinski definition) is 6. The number of carbonyl (C=O) groups is 3. The van der Waals surface area contributed by atoms with Gasteiger partial charge >= 0.3 is 0 Å². The number of ether oxygens (including phenoxy) is 1. The van der Waals surface area contributed by atoms with Crippen molar-refractivity contribution in [2.45, 2.75) is 70.9 Å². The van der Waals surface area contributed by atoms with Gasteiger partial charge in [-0.3, -0.25) is 18.8 Å². The van der Waals surface area contributed by atoms with E-state index in [1.54, 1.807) is 22.9 Å². The first-order valence-corrected chi connectivity index (χ1v) is 15.8. The molecule has 2 aliphatic rings. The zero-order valence-corrected chi connectivity index (χ0v) is 25.4. The molecule has 4 heterocycles. The summed E-state index contributed by atoms with van der Waals surface area (Å²) < 4.78 is 7.32. The lowest BCUT2D eigenvalue weighted by molar-refractivity contribution is -0.141. The van der Waals surface area contributed by atoms with Crippen molar-refractivity contribution >= 4 is 23.5 Å². The van der Waals surface area contributed by atoms with E-state index in [0.717, 1.165) is 44.1 Å². The van der Waals surface area contributed by atoms with E-state index in [1.165, 1.54) is 0 Å². The van der Waals surface area contributed by atoms with Crippen LogP contribution in [0.5, 0.6) is 0 Å². The Morgan fingerprint density at radius 1 is 1.12 bits per heavy atom. The van der Waals surface area contributed by atoms with E-state index in [-0.39, 0.29) is 35.6 Å². The minimum atomic E-state index is -0.589. The maximum atomic E-state index is 14.2. The van der Waals surface area contributed by atoms with Crippen LogP contribution in [0.2, 0.25) is 0 Å². The van der Waals surface area contributed by atoms with Crippen molar-refractivity contribution in [1.29, 1.82) is 0 Å². The standard InChI is InChI=1S/C33H44N6O4/c1-3-9-24(2)30(40)36-29(26-14-20-43-21-15-26)32(42)39-18-7-12-27(39)22-37(19-13-25-10-5-4-6-11-25)31(41)28-23-38-17-8-16-34-33(38)35-28/h4-6,8,10-11,16-17,23-24,26-27,29H,3,7,9,12-15,18-22H2,1-2H3,(H,36,40)/t24-,27+,29+/m1/s1. The van der Waals surface area contributed by atoms with E-state index < -0.39 is 6.04 Å². The van der Waals surface area contributed by atoms with Gasteiger partial charge in [0.15, 0.2) is 0 Å². The molecule has 0 spiro atoms. The van der Waals surface area contributed by atoms with E-state index in [2.05, 4.69) is 34.3 Å². The topological polar surface area (TPSA) is 109 Å². The minimum absolute atomic E-state index is 0.0292. The summed E-state index contributed by atoms with van der Waals surface area (Å²) >= 11 is 0. The lowest BCUT2D eigenvalue weighted by atomic mass is 9.89. The molecule has 0 unspecified atom stereocenters. The lowest BCUT2D eigenvalue weighted by Crippen LogP contribution is -2.56. The average Bonchev–Trinajstić information content (AvgIpc) is 3.69. The van der Waals surface area contributed by atoms with Gasteiger partial charge in [0.05, 0.1) is 0 Å². The molecule has 43 heavy (non-hydrogen) atoms. The van der Waals surface area contributed by atoms with E-state index in [0.29, 0.717) is 50.7 Å². The van der Waals surface area contributed by atoms with Crippen molar-refractivity contribution in [1.82, 2.24) is 29.5 Å². The molecule has 2 saturated heterocycles. The highest BCUT2D eigenvalue weighted by Gasteiger charge is 2.40. The second-order valence-corrected chi connectivity index (χ2v) is 11.9. The third-order valence-corrected chi connectivity index (χ3v) is 8.82. The Bertz CT molecular complexity index is 1340. The molecule has 10 heteroatoms. The predicted molar refractivity (Wildman–Crippen MR) is 163 cm³/mol. The fraction of sp³-hybridized carbons (Fsp3) is 0.545. The molecule has 0 radical (unpaired) electrons. The van der Waals surface area contributed by atoms with Crippen LogP contribution in [-0.2, 0) is 20.7 Å². The molecule has 3 amide bonds. The zero-order valence-electron chi connectivity index (χ0n) is 25.4. The number of carbonyl (C=O) groups excluding carboxylic acids is 3. The summed E-state index contributed by atoms with van der Waals surface area (Å²) in [6.45, 7) is 6.68. The molecule has 5 rings (SSSR count). The normalized spacial score (nSPS) is 18.8. The van der Waals surface area contributed by atoms with Crippen LogP contribution in [0.25, 0.3) is 5.78 Å². The lowest BCUT2D eigenvalue weighted by Gasteiger charge is -2.36. The van der Waals surface area contributed by atoms with Gasteiger partial charge < -0.3 is 19.9 Å². The van der Waals surface area contributed by atoms with Gasteiger partial charge in [-0.05, 0) is 56.1 Å². The minimum Gasteiger partial charge on any atom is -0.381 e. The summed E-state index contributed by atoms with van der Waals surface area (Å²) in [6, 6.07) is 11.2. The number of nitrogens with one attached hydrogen (secondary N) is 1. The van der Waals surface area contributed by atoms with E-state index in [1.807, 2.05) is 41.1 Å². The first-order chi connectivity index (χ1) is 20.9. The number of imidazole rings is 1. The summed E-state index contributed by atoms with van der Waals surface area (Å²) in [7, 11) is 0. The van der Waals surface area contributed by atoms with Gasteiger partial charge in [-0.1, -0.05) is 50.6 Å². The Kier molecular flexibility index (Phi) is 10.4. The Labute approximate surface area is 253 Å². The van der Waals surface area contributed by atoms with Gasteiger partial charge in [-0.25, -0.2) is 9.97 Å². The fourth-order valence-electron chi connectivity index (χ4n) is 6.32. The van der Waals surface area contributed by atoms with Crippen molar-refractivity contribution in [3.05, 3.63) is 66.2 Å². The number of benzene rings is 1. The molecule has 0 saturated carbocycles. The summed E-state index contributed by atoms with van der Waals surface area (Å²) in [5.74, 6) is 0.0609. The molecule has 2 aromatic heterocycles. The Balaban J connectivity index is 1.36. The highest BCUT2D eigenvalue weighted by atomic mass is 16.5. The molecule has 2 fully saturated rings. The van der Waals surface area contributed by atoms with E-state index in [4.69, 9.17) is 4.74 Å². The van der Waals surface area contributed by atoms with Gasteiger partial charge in [0.2, 0.25) is 17.6 Å². The van der Waals surface area contributed by atoms with Crippen LogP contribution in [0.15, 0.2) is 55.0 Å². The number of nitrogens with zero attached hydrogens (tertiary/aromatic N) is 5. The molecular formula is C33H44N6O4. The maximum absolute atomic E-state index is 14.2. The number of rotatable bonds is 12. The van der Waals surface area contributed by atoms with Crippen molar-refractivity contribution in [3.63, 3.8) is 0 Å². The van der Waals surface area contributed by atoms with Crippen molar-refractivity contribution in [2.24, 2.45) is 11.8 Å². The van der Waals surface area contributed by atoms with Crippen LogP contribution in [0.4, 0.5) is 0 Å². The number of aromatic nitrogens is 3. The van der Waals surface area contributed by atoms with Crippen molar-refractivity contribution in [3.8, 4) is 0 Å². The monoisotopic (exact) mass is 588 g/mol. The molecule has 10 nitrogen and oxygen atoms in total. The SMILES string of the molecule is CCC[C@@H](C)C(=O)N[C@H](C(=O)N1CCC[C@H]1CN(CCc1ccccc1)C(=O)c1cn2cccnc2n1)C1CCOCC1. The Morgan fingerprint density at radius 2 is 1.91 bits per heavy atom. The number of fused-ring (bicyclic) bond motifs is 1. The fourth-order valence-corrected chi connectivity index (χ4v) is 6.32. The molecule has 3 aromatic rings. The number of hydrogen-bond donors (Lipinski definition) is 1. The summed E-state index contributed by atoms with van der Waals surface area (Å²) in [5, 5.41) is 3.15. The van der Waals surface area contributed by atoms with Crippen molar-refractivity contribution < 1.29 is 19.1 Å². The smallest absolute Gasteiger partial charge is 0.274 e. The third kappa shape index (κ3) is 7.60. The quantitative estimate of drug-likeness (QED) is 0.345.